The Morgan fingerprint density at radius 3 is 1.95 bits per heavy atom. The highest BCUT2D eigenvalue weighted by atomic mass is 16.5. The van der Waals surface area contributed by atoms with Crippen LogP contribution >= 0.6 is 0 Å². The highest BCUT2D eigenvalue weighted by molar-refractivity contribution is 6.03. The van der Waals surface area contributed by atoms with Crippen molar-refractivity contribution < 1.29 is 38.4 Å². The molecule has 2 aromatic heterocycles. The summed E-state index contributed by atoms with van der Waals surface area (Å²) in [6.45, 7) is 0. The summed E-state index contributed by atoms with van der Waals surface area (Å²) in [5.41, 5.74) is 0.527. The molecule has 0 spiro atoms. The Bertz CT molecular complexity index is 2160. The van der Waals surface area contributed by atoms with Gasteiger partial charge in [-0.15, -0.1) is 0 Å². The standard InChI is InChI=1S/C33H24O10/c1-39-18-6-4-16(5-7-18)26-13-24(37)32-25(38)15-28(41-3)30(33(32)43-26)21-12-19(40-2)8-9-20(21)27-14-23(36)31-22(35)10-17(34)11-29(31)42-27/h4-15,34-35,38H,1-3H3. The maximum absolute atomic E-state index is 13.4. The van der Waals surface area contributed by atoms with E-state index in [2.05, 4.69) is 0 Å². The SMILES string of the molecule is COc1ccc(-c2cc(=O)c3c(O)cc(OC)c(-c4cc(OC)ccc4-c4cc(=O)c5c(O)cc(O)cc5o4)c3o2)cc1. The summed E-state index contributed by atoms with van der Waals surface area (Å²) >= 11 is 0. The van der Waals surface area contributed by atoms with E-state index in [0.29, 0.717) is 28.2 Å². The molecule has 0 saturated heterocycles. The van der Waals surface area contributed by atoms with Crippen molar-refractivity contribution in [3.63, 3.8) is 0 Å². The van der Waals surface area contributed by atoms with Crippen LogP contribution in [0.3, 0.4) is 0 Å². The first-order chi connectivity index (χ1) is 20.7. The van der Waals surface area contributed by atoms with Crippen LogP contribution in [0.1, 0.15) is 0 Å². The van der Waals surface area contributed by atoms with E-state index in [9.17, 15) is 24.9 Å². The third-order valence-electron chi connectivity index (χ3n) is 7.10. The summed E-state index contributed by atoms with van der Waals surface area (Å²) in [5.74, 6) is 0.439. The predicted molar refractivity (Wildman–Crippen MR) is 159 cm³/mol. The highest BCUT2D eigenvalue weighted by Gasteiger charge is 2.25. The van der Waals surface area contributed by atoms with Gasteiger partial charge in [-0.3, -0.25) is 9.59 Å². The van der Waals surface area contributed by atoms with E-state index in [1.807, 2.05) is 0 Å². The quantitative estimate of drug-likeness (QED) is 0.213. The van der Waals surface area contributed by atoms with E-state index >= 15 is 0 Å². The molecule has 0 radical (unpaired) electrons. The Kier molecular flexibility index (Phi) is 6.66. The molecule has 6 aromatic rings. The Morgan fingerprint density at radius 1 is 0.605 bits per heavy atom. The molecule has 0 aliphatic heterocycles. The summed E-state index contributed by atoms with van der Waals surface area (Å²) in [6.07, 6.45) is 0. The number of aromatic hydroxyl groups is 3. The fourth-order valence-corrected chi connectivity index (χ4v) is 5.06. The third-order valence-corrected chi connectivity index (χ3v) is 7.10. The van der Waals surface area contributed by atoms with E-state index in [0.717, 1.165) is 6.07 Å². The summed E-state index contributed by atoms with van der Waals surface area (Å²) < 4.78 is 28.7. The van der Waals surface area contributed by atoms with Crippen LogP contribution in [-0.4, -0.2) is 36.6 Å². The molecule has 6 rings (SSSR count). The van der Waals surface area contributed by atoms with Gasteiger partial charge in [-0.1, -0.05) is 0 Å². The molecule has 10 nitrogen and oxygen atoms in total. The Labute approximate surface area is 243 Å². The van der Waals surface area contributed by atoms with Crippen molar-refractivity contribution in [2.24, 2.45) is 0 Å². The topological polar surface area (TPSA) is 149 Å². The van der Waals surface area contributed by atoms with Crippen molar-refractivity contribution >= 4 is 21.9 Å². The van der Waals surface area contributed by atoms with E-state index in [1.165, 1.54) is 38.5 Å². The molecule has 0 fully saturated rings. The maximum Gasteiger partial charge on any atom is 0.197 e. The first-order valence-corrected chi connectivity index (χ1v) is 12.9. The molecule has 2 heterocycles. The van der Waals surface area contributed by atoms with Crippen LogP contribution in [-0.2, 0) is 0 Å². The van der Waals surface area contributed by atoms with E-state index in [1.54, 1.807) is 49.6 Å². The third kappa shape index (κ3) is 4.64. The number of hydrogen-bond acceptors (Lipinski definition) is 10. The van der Waals surface area contributed by atoms with Gasteiger partial charge in [-0.05, 0) is 42.5 Å². The van der Waals surface area contributed by atoms with Crippen molar-refractivity contribution in [1.82, 2.24) is 0 Å². The minimum atomic E-state index is -0.550. The lowest BCUT2D eigenvalue weighted by Gasteiger charge is -2.17. The lowest BCUT2D eigenvalue weighted by molar-refractivity contribution is 0.409. The van der Waals surface area contributed by atoms with Crippen LogP contribution in [0.25, 0.3) is 55.7 Å². The van der Waals surface area contributed by atoms with Crippen molar-refractivity contribution in [1.29, 1.82) is 0 Å². The average molecular weight is 581 g/mol. The molecule has 4 aromatic carbocycles. The smallest absolute Gasteiger partial charge is 0.197 e. The molecule has 0 aliphatic rings. The zero-order chi connectivity index (χ0) is 30.4. The average Bonchev–Trinajstić information content (AvgIpc) is 2.99. The molecule has 3 N–H and O–H groups in total. The van der Waals surface area contributed by atoms with Gasteiger partial charge < -0.3 is 38.4 Å². The predicted octanol–water partition coefficient (Wildman–Crippen LogP) is 6.04. The van der Waals surface area contributed by atoms with Crippen LogP contribution in [0.4, 0.5) is 0 Å². The number of phenolic OH excluding ortho intramolecular Hbond substituents is 3. The Hall–Kier alpha value is -5.90. The zero-order valence-corrected chi connectivity index (χ0v) is 23.1. The molecule has 43 heavy (non-hydrogen) atoms. The van der Waals surface area contributed by atoms with Crippen LogP contribution in [0, 0.1) is 0 Å². The first kappa shape index (κ1) is 27.3. The molecule has 0 unspecified atom stereocenters. The minimum Gasteiger partial charge on any atom is -0.508 e. The number of ether oxygens (including phenoxy) is 3. The lowest BCUT2D eigenvalue weighted by atomic mass is 9.94. The molecule has 0 saturated carbocycles. The fourth-order valence-electron chi connectivity index (χ4n) is 5.06. The zero-order valence-electron chi connectivity index (χ0n) is 23.1. The molecule has 10 heteroatoms. The lowest BCUT2D eigenvalue weighted by Crippen LogP contribution is -2.04. The minimum absolute atomic E-state index is 0.0168. The molecule has 216 valence electrons. The monoisotopic (exact) mass is 580 g/mol. The summed E-state index contributed by atoms with van der Waals surface area (Å²) in [5, 5.41) is 31.0. The largest absolute Gasteiger partial charge is 0.508 e. The van der Waals surface area contributed by atoms with Gasteiger partial charge in [0.1, 0.15) is 62.4 Å². The van der Waals surface area contributed by atoms with Crippen LogP contribution < -0.4 is 25.1 Å². The van der Waals surface area contributed by atoms with Crippen molar-refractivity contribution in [3.05, 3.63) is 93.2 Å². The normalized spacial score (nSPS) is 11.1. The van der Waals surface area contributed by atoms with Gasteiger partial charge in [-0.25, -0.2) is 0 Å². The Morgan fingerprint density at radius 2 is 1.26 bits per heavy atom. The number of methoxy groups -OCH3 is 3. The van der Waals surface area contributed by atoms with E-state index in [4.69, 9.17) is 23.0 Å². The summed E-state index contributed by atoms with van der Waals surface area (Å²) in [4.78, 5) is 26.5. The first-order valence-electron chi connectivity index (χ1n) is 12.9. The molecule has 0 amide bonds. The molecule has 0 atom stereocenters. The second kappa shape index (κ2) is 10.5. The number of fused-ring (bicyclic) bond motifs is 2. The molecular weight excluding hydrogens is 556 g/mol. The number of benzene rings is 4. The van der Waals surface area contributed by atoms with Gasteiger partial charge in [-0.2, -0.15) is 0 Å². The second-order valence-electron chi connectivity index (χ2n) is 9.60. The number of rotatable bonds is 6. The van der Waals surface area contributed by atoms with Gasteiger partial charge in [0.2, 0.25) is 0 Å². The van der Waals surface area contributed by atoms with Crippen molar-refractivity contribution in [2.45, 2.75) is 0 Å². The van der Waals surface area contributed by atoms with Gasteiger partial charge in [0.15, 0.2) is 16.4 Å². The van der Waals surface area contributed by atoms with Crippen LogP contribution in [0.2, 0.25) is 0 Å². The van der Waals surface area contributed by atoms with Crippen molar-refractivity contribution in [2.75, 3.05) is 21.3 Å². The number of hydrogen-bond donors (Lipinski definition) is 3. The van der Waals surface area contributed by atoms with E-state index in [-0.39, 0.29) is 56.3 Å². The maximum atomic E-state index is 13.4. The molecular formula is C33H24O10. The fraction of sp³-hybridized carbons (Fsp3) is 0.0909. The van der Waals surface area contributed by atoms with Crippen LogP contribution in [0.5, 0.6) is 34.5 Å². The summed E-state index contributed by atoms with van der Waals surface area (Å²) in [7, 11) is 4.42. The van der Waals surface area contributed by atoms with Crippen molar-refractivity contribution in [3.8, 4) is 68.3 Å². The number of phenols is 3. The molecule has 0 bridgehead atoms. The Balaban J connectivity index is 1.70. The van der Waals surface area contributed by atoms with Gasteiger partial charge in [0.05, 0.1) is 26.9 Å². The van der Waals surface area contributed by atoms with Gasteiger partial charge in [0.25, 0.3) is 0 Å². The highest BCUT2D eigenvalue weighted by Crippen LogP contribution is 2.46. The second-order valence-corrected chi connectivity index (χ2v) is 9.60. The van der Waals surface area contributed by atoms with E-state index < -0.39 is 16.6 Å². The van der Waals surface area contributed by atoms with Gasteiger partial charge >= 0.3 is 0 Å². The summed E-state index contributed by atoms with van der Waals surface area (Å²) in [6, 6.07) is 17.9. The van der Waals surface area contributed by atoms with Gasteiger partial charge in [0, 0.05) is 47.0 Å². The van der Waals surface area contributed by atoms with Crippen LogP contribution in [0.15, 0.2) is 91.2 Å². The molecule has 0 aliphatic carbocycles.